The summed E-state index contributed by atoms with van der Waals surface area (Å²) in [6, 6.07) is 5.00. The number of hydrogen-bond acceptors (Lipinski definition) is 6. The average Bonchev–Trinajstić information content (AvgIpc) is 3.14. The van der Waals surface area contributed by atoms with Crippen molar-refractivity contribution < 1.29 is 9.59 Å². The van der Waals surface area contributed by atoms with E-state index in [-0.39, 0.29) is 23.1 Å². The van der Waals surface area contributed by atoms with E-state index in [1.807, 2.05) is 17.5 Å². The molecule has 2 aromatic heterocycles. The smallest absolute Gasteiger partial charge is 0.264 e. The molecule has 0 saturated carbocycles. The molecular formula is C15H16N4O3S2. The Labute approximate surface area is 146 Å². The zero-order valence-electron chi connectivity index (χ0n) is 12.8. The Bertz CT molecular complexity index is 767. The molecule has 24 heavy (non-hydrogen) atoms. The van der Waals surface area contributed by atoms with E-state index in [1.165, 1.54) is 35.4 Å². The lowest BCUT2D eigenvalue weighted by atomic mass is 10.3. The van der Waals surface area contributed by atoms with Gasteiger partial charge >= 0.3 is 0 Å². The zero-order valence-corrected chi connectivity index (χ0v) is 14.4. The van der Waals surface area contributed by atoms with Gasteiger partial charge in [0.05, 0.1) is 10.6 Å². The molecule has 9 heteroatoms. The summed E-state index contributed by atoms with van der Waals surface area (Å²) in [7, 11) is 0. The van der Waals surface area contributed by atoms with Crippen molar-refractivity contribution >= 4 is 34.9 Å². The van der Waals surface area contributed by atoms with Crippen LogP contribution in [0.15, 0.2) is 39.7 Å². The second kappa shape index (κ2) is 7.63. The van der Waals surface area contributed by atoms with Crippen LogP contribution < -0.4 is 5.56 Å². The third-order valence-corrected chi connectivity index (χ3v) is 5.36. The molecule has 3 rings (SSSR count). The first-order valence-electron chi connectivity index (χ1n) is 7.42. The van der Waals surface area contributed by atoms with Crippen molar-refractivity contribution in [2.24, 2.45) is 0 Å². The minimum absolute atomic E-state index is 0.0188. The molecule has 0 radical (unpaired) electrons. The van der Waals surface area contributed by atoms with Gasteiger partial charge in [0.2, 0.25) is 5.91 Å². The molecular weight excluding hydrogens is 348 g/mol. The summed E-state index contributed by atoms with van der Waals surface area (Å²) < 4.78 is 0. The van der Waals surface area contributed by atoms with E-state index < -0.39 is 0 Å². The molecule has 0 aliphatic carbocycles. The number of hydrogen-bond donors (Lipinski definition) is 1. The summed E-state index contributed by atoms with van der Waals surface area (Å²) in [4.78, 5) is 46.5. The van der Waals surface area contributed by atoms with Crippen molar-refractivity contribution in [2.45, 2.75) is 5.16 Å². The van der Waals surface area contributed by atoms with E-state index in [0.717, 1.165) is 4.88 Å². The Balaban J connectivity index is 1.48. The number of aromatic amines is 1. The van der Waals surface area contributed by atoms with E-state index in [1.54, 1.807) is 9.80 Å². The highest BCUT2D eigenvalue weighted by atomic mass is 32.2. The number of thiophene rings is 1. The first-order chi connectivity index (χ1) is 11.6. The van der Waals surface area contributed by atoms with E-state index in [4.69, 9.17) is 0 Å². The fourth-order valence-corrected chi connectivity index (χ4v) is 3.80. The first kappa shape index (κ1) is 16.7. The second-order valence-corrected chi connectivity index (χ2v) is 7.09. The van der Waals surface area contributed by atoms with Gasteiger partial charge in [-0.25, -0.2) is 4.98 Å². The number of carbonyl (C=O) groups excluding carboxylic acids is 2. The summed E-state index contributed by atoms with van der Waals surface area (Å²) in [6.07, 6.45) is 1.42. The monoisotopic (exact) mass is 364 g/mol. The van der Waals surface area contributed by atoms with Crippen LogP contribution in [0.3, 0.4) is 0 Å². The molecule has 1 aliphatic heterocycles. The number of piperazine rings is 1. The summed E-state index contributed by atoms with van der Waals surface area (Å²) in [5.74, 6) is 0.221. The molecule has 0 atom stereocenters. The first-order valence-corrected chi connectivity index (χ1v) is 9.29. The average molecular weight is 364 g/mol. The van der Waals surface area contributed by atoms with Crippen molar-refractivity contribution in [3.8, 4) is 0 Å². The SMILES string of the molecule is O=C(CSc1nccc(=O)[nH]1)N1CCN(C(=O)c2cccs2)CC1. The molecule has 0 unspecified atom stereocenters. The molecule has 7 nitrogen and oxygen atoms in total. The molecule has 2 amide bonds. The predicted octanol–water partition coefficient (Wildman–Crippen LogP) is 0.908. The normalized spacial score (nSPS) is 14.7. The molecule has 2 aromatic rings. The molecule has 0 aromatic carbocycles. The molecule has 126 valence electrons. The van der Waals surface area contributed by atoms with Crippen LogP contribution >= 0.6 is 23.1 Å². The van der Waals surface area contributed by atoms with Gasteiger partial charge in [-0.05, 0) is 11.4 Å². The number of amides is 2. The third-order valence-electron chi connectivity index (χ3n) is 3.63. The Hall–Kier alpha value is -2.13. The summed E-state index contributed by atoms with van der Waals surface area (Å²) in [5, 5.41) is 2.31. The summed E-state index contributed by atoms with van der Waals surface area (Å²) in [6.45, 7) is 2.12. The van der Waals surface area contributed by atoms with E-state index in [9.17, 15) is 14.4 Å². The van der Waals surface area contributed by atoms with E-state index >= 15 is 0 Å². The van der Waals surface area contributed by atoms with Crippen LogP contribution in [0.1, 0.15) is 9.67 Å². The van der Waals surface area contributed by atoms with Crippen LogP contribution in [0.2, 0.25) is 0 Å². The standard InChI is InChI=1S/C15H16N4O3S2/c20-12-3-4-16-15(17-12)24-10-13(21)18-5-7-19(8-6-18)14(22)11-2-1-9-23-11/h1-4,9H,5-8,10H2,(H,16,17,20). The molecule has 3 heterocycles. The fraction of sp³-hybridized carbons (Fsp3) is 0.333. The number of nitrogens with one attached hydrogen (secondary N) is 1. The number of carbonyl (C=O) groups is 2. The van der Waals surface area contributed by atoms with Crippen molar-refractivity contribution in [1.82, 2.24) is 19.8 Å². The summed E-state index contributed by atoms with van der Waals surface area (Å²) >= 11 is 2.63. The Morgan fingerprint density at radius 1 is 1.21 bits per heavy atom. The maximum absolute atomic E-state index is 12.3. The predicted molar refractivity (Wildman–Crippen MR) is 92.4 cm³/mol. The minimum Gasteiger partial charge on any atom is -0.338 e. The van der Waals surface area contributed by atoms with Gasteiger partial charge in [0.25, 0.3) is 11.5 Å². The van der Waals surface area contributed by atoms with Gasteiger partial charge in [0, 0.05) is 38.4 Å². The maximum atomic E-state index is 12.3. The molecule has 1 N–H and O–H groups in total. The zero-order chi connectivity index (χ0) is 16.9. The van der Waals surface area contributed by atoms with Gasteiger partial charge < -0.3 is 14.8 Å². The summed E-state index contributed by atoms with van der Waals surface area (Å²) in [5.41, 5.74) is -0.236. The van der Waals surface area contributed by atoms with Gasteiger partial charge in [-0.3, -0.25) is 14.4 Å². The highest BCUT2D eigenvalue weighted by Crippen LogP contribution is 2.15. The topological polar surface area (TPSA) is 86.4 Å². The highest BCUT2D eigenvalue weighted by Gasteiger charge is 2.25. The number of nitrogens with zero attached hydrogens (tertiary/aromatic N) is 3. The number of H-pyrrole nitrogens is 1. The van der Waals surface area contributed by atoms with E-state index in [0.29, 0.717) is 31.3 Å². The van der Waals surface area contributed by atoms with Crippen LogP contribution in [-0.4, -0.2) is 63.5 Å². The van der Waals surface area contributed by atoms with Crippen LogP contribution in [0.25, 0.3) is 0 Å². The second-order valence-electron chi connectivity index (χ2n) is 5.18. The van der Waals surface area contributed by atoms with Crippen LogP contribution in [0.4, 0.5) is 0 Å². The van der Waals surface area contributed by atoms with Gasteiger partial charge in [-0.15, -0.1) is 11.3 Å². The third kappa shape index (κ3) is 4.04. The number of thioether (sulfide) groups is 1. The van der Waals surface area contributed by atoms with Crippen molar-refractivity contribution in [2.75, 3.05) is 31.9 Å². The highest BCUT2D eigenvalue weighted by molar-refractivity contribution is 7.99. The molecule has 0 spiro atoms. The number of aromatic nitrogens is 2. The van der Waals surface area contributed by atoms with Crippen LogP contribution in [0.5, 0.6) is 0 Å². The van der Waals surface area contributed by atoms with Gasteiger partial charge in [0.15, 0.2) is 5.16 Å². The number of rotatable bonds is 4. The van der Waals surface area contributed by atoms with Crippen molar-refractivity contribution in [3.05, 3.63) is 45.0 Å². The maximum Gasteiger partial charge on any atom is 0.264 e. The van der Waals surface area contributed by atoms with Crippen molar-refractivity contribution in [3.63, 3.8) is 0 Å². The lowest BCUT2D eigenvalue weighted by Gasteiger charge is -2.34. The van der Waals surface area contributed by atoms with Gasteiger partial charge in [-0.1, -0.05) is 17.8 Å². The fourth-order valence-electron chi connectivity index (χ4n) is 2.36. The Morgan fingerprint density at radius 2 is 1.96 bits per heavy atom. The minimum atomic E-state index is -0.236. The quantitative estimate of drug-likeness (QED) is 0.644. The van der Waals surface area contributed by atoms with Crippen LogP contribution in [0, 0.1) is 0 Å². The molecule has 1 aliphatic rings. The Kier molecular flexibility index (Phi) is 5.31. The Morgan fingerprint density at radius 3 is 2.62 bits per heavy atom. The van der Waals surface area contributed by atoms with E-state index in [2.05, 4.69) is 9.97 Å². The molecule has 0 bridgehead atoms. The molecule has 1 saturated heterocycles. The van der Waals surface area contributed by atoms with Gasteiger partial charge in [-0.2, -0.15) is 0 Å². The van der Waals surface area contributed by atoms with Crippen molar-refractivity contribution in [1.29, 1.82) is 0 Å². The molecule has 1 fully saturated rings. The lowest BCUT2D eigenvalue weighted by molar-refractivity contribution is -0.129. The van der Waals surface area contributed by atoms with Gasteiger partial charge in [0.1, 0.15) is 0 Å². The van der Waals surface area contributed by atoms with Crippen LogP contribution in [-0.2, 0) is 4.79 Å². The lowest BCUT2D eigenvalue weighted by Crippen LogP contribution is -2.51. The largest absolute Gasteiger partial charge is 0.338 e.